The molecule has 4 aromatic rings. The standard InChI is InChI=1S/C31H39N9O2/c1-7-22-16-32-12-13-40(22)23-9-11-26(33-17-23)37-27-15-25(34-18-35-27)21-8-10-24(19(2)14-21)20(3)36-28(41)29-38-30(39-42-29)31(4,5)6/h8-11,14-15,17-18,20,22,32H,7,12-13,16H2,1-6H3,(H,36,41)(H,33,34,35,37)/t20-,22+/m1/s1. The highest BCUT2D eigenvalue weighted by atomic mass is 16.5. The maximum Gasteiger partial charge on any atom is 0.315 e. The summed E-state index contributed by atoms with van der Waals surface area (Å²) in [6, 6.07) is 12.3. The van der Waals surface area contributed by atoms with Crippen molar-refractivity contribution in [3.05, 3.63) is 71.8 Å². The van der Waals surface area contributed by atoms with Crippen molar-refractivity contribution in [3.8, 4) is 11.3 Å². The molecule has 1 fully saturated rings. The van der Waals surface area contributed by atoms with Crippen molar-refractivity contribution in [2.24, 2.45) is 0 Å². The Kier molecular flexibility index (Phi) is 8.49. The summed E-state index contributed by atoms with van der Waals surface area (Å²) in [5.74, 6) is 1.43. The number of nitrogens with zero attached hydrogens (tertiary/aromatic N) is 6. The maximum atomic E-state index is 12.7. The van der Waals surface area contributed by atoms with Crippen LogP contribution in [-0.2, 0) is 5.41 Å². The second kappa shape index (κ2) is 12.2. The second-order valence-corrected chi connectivity index (χ2v) is 11.7. The Morgan fingerprint density at radius 2 is 1.98 bits per heavy atom. The van der Waals surface area contributed by atoms with Crippen molar-refractivity contribution in [2.45, 2.75) is 65.5 Å². The zero-order chi connectivity index (χ0) is 29.9. The lowest BCUT2D eigenvalue weighted by Gasteiger charge is -2.37. The molecule has 220 valence electrons. The van der Waals surface area contributed by atoms with Crippen molar-refractivity contribution in [1.82, 2.24) is 35.7 Å². The first-order chi connectivity index (χ1) is 20.1. The predicted molar refractivity (Wildman–Crippen MR) is 163 cm³/mol. The van der Waals surface area contributed by atoms with E-state index in [1.165, 1.54) is 0 Å². The van der Waals surface area contributed by atoms with Crippen LogP contribution in [0.3, 0.4) is 0 Å². The molecule has 0 unspecified atom stereocenters. The number of hydrogen-bond donors (Lipinski definition) is 3. The van der Waals surface area contributed by atoms with Crippen LogP contribution in [0, 0.1) is 6.92 Å². The van der Waals surface area contributed by atoms with Crippen molar-refractivity contribution in [2.75, 3.05) is 29.9 Å². The molecule has 0 aliphatic carbocycles. The van der Waals surface area contributed by atoms with Gasteiger partial charge in [-0.15, -0.1) is 0 Å². The van der Waals surface area contributed by atoms with E-state index in [1.54, 1.807) is 6.33 Å². The van der Waals surface area contributed by atoms with Gasteiger partial charge in [0.2, 0.25) is 0 Å². The van der Waals surface area contributed by atoms with E-state index in [9.17, 15) is 4.79 Å². The summed E-state index contributed by atoms with van der Waals surface area (Å²) in [5.41, 5.74) is 4.55. The van der Waals surface area contributed by atoms with Crippen molar-refractivity contribution < 1.29 is 9.32 Å². The van der Waals surface area contributed by atoms with E-state index in [2.05, 4.69) is 65.0 Å². The number of anilines is 3. The number of aryl methyl sites for hydroxylation is 1. The molecule has 1 aliphatic rings. The van der Waals surface area contributed by atoms with Crippen LogP contribution in [0.15, 0.2) is 53.4 Å². The molecule has 1 aromatic carbocycles. The van der Waals surface area contributed by atoms with Crippen LogP contribution >= 0.6 is 0 Å². The molecule has 1 amide bonds. The van der Waals surface area contributed by atoms with Gasteiger partial charge >= 0.3 is 11.8 Å². The summed E-state index contributed by atoms with van der Waals surface area (Å²) in [6.07, 6.45) is 4.55. The highest BCUT2D eigenvalue weighted by Crippen LogP contribution is 2.27. The lowest BCUT2D eigenvalue weighted by molar-refractivity contribution is 0.0895. The summed E-state index contributed by atoms with van der Waals surface area (Å²) in [4.78, 5) is 32.9. The topological polar surface area (TPSA) is 134 Å². The van der Waals surface area contributed by atoms with E-state index in [0.29, 0.717) is 17.7 Å². The summed E-state index contributed by atoms with van der Waals surface area (Å²) in [7, 11) is 0. The fourth-order valence-corrected chi connectivity index (χ4v) is 5.09. The van der Waals surface area contributed by atoms with Gasteiger partial charge in [0.25, 0.3) is 0 Å². The molecule has 2 atom stereocenters. The highest BCUT2D eigenvalue weighted by Gasteiger charge is 2.25. The average molecular weight is 570 g/mol. The molecule has 0 saturated carbocycles. The number of benzene rings is 1. The lowest BCUT2D eigenvalue weighted by atomic mass is 9.96. The predicted octanol–water partition coefficient (Wildman–Crippen LogP) is 4.95. The van der Waals surface area contributed by atoms with Crippen LogP contribution in [0.4, 0.5) is 17.3 Å². The van der Waals surface area contributed by atoms with E-state index in [-0.39, 0.29) is 17.3 Å². The smallest absolute Gasteiger partial charge is 0.315 e. The molecule has 1 saturated heterocycles. The van der Waals surface area contributed by atoms with Gasteiger partial charge in [-0.3, -0.25) is 4.79 Å². The van der Waals surface area contributed by atoms with Gasteiger partial charge in [-0.05, 0) is 49.6 Å². The Morgan fingerprint density at radius 3 is 2.67 bits per heavy atom. The molecule has 0 radical (unpaired) electrons. The fraction of sp³-hybridized carbons (Fsp3) is 0.419. The first-order valence-electron chi connectivity index (χ1n) is 14.4. The number of piperazine rings is 1. The van der Waals surface area contributed by atoms with Crippen molar-refractivity contribution >= 4 is 23.2 Å². The number of carbonyl (C=O) groups is 1. The minimum atomic E-state index is -0.403. The third kappa shape index (κ3) is 6.57. The van der Waals surface area contributed by atoms with Crippen LogP contribution in [0.1, 0.15) is 74.7 Å². The summed E-state index contributed by atoms with van der Waals surface area (Å²) < 4.78 is 5.19. The van der Waals surface area contributed by atoms with E-state index >= 15 is 0 Å². The fourth-order valence-electron chi connectivity index (χ4n) is 5.09. The van der Waals surface area contributed by atoms with Crippen molar-refractivity contribution in [1.29, 1.82) is 0 Å². The third-order valence-corrected chi connectivity index (χ3v) is 7.49. The minimum Gasteiger partial charge on any atom is -0.365 e. The van der Waals surface area contributed by atoms with Gasteiger partial charge in [-0.1, -0.05) is 45.0 Å². The van der Waals surface area contributed by atoms with Crippen LogP contribution in [0.25, 0.3) is 11.3 Å². The number of pyridine rings is 1. The first kappa shape index (κ1) is 29.1. The molecule has 4 heterocycles. The number of amides is 1. The molecule has 1 aliphatic heterocycles. The van der Waals surface area contributed by atoms with E-state index in [4.69, 9.17) is 4.52 Å². The molecule has 3 aromatic heterocycles. The number of carbonyl (C=O) groups excluding carboxylic acids is 1. The highest BCUT2D eigenvalue weighted by molar-refractivity contribution is 5.89. The van der Waals surface area contributed by atoms with E-state index in [0.717, 1.165) is 59.9 Å². The molecule has 0 bridgehead atoms. The Bertz CT molecular complexity index is 1530. The van der Waals surface area contributed by atoms with E-state index < -0.39 is 5.91 Å². The Balaban J connectivity index is 1.25. The quantitative estimate of drug-likeness (QED) is 0.268. The zero-order valence-corrected chi connectivity index (χ0v) is 25.1. The molecular weight excluding hydrogens is 530 g/mol. The molecule has 42 heavy (non-hydrogen) atoms. The van der Waals surface area contributed by atoms with Crippen LogP contribution < -0.4 is 20.9 Å². The van der Waals surface area contributed by atoms with Gasteiger partial charge in [0.15, 0.2) is 5.82 Å². The van der Waals surface area contributed by atoms with Gasteiger partial charge in [-0.25, -0.2) is 15.0 Å². The van der Waals surface area contributed by atoms with Crippen LogP contribution in [0.2, 0.25) is 0 Å². The minimum absolute atomic E-state index is 0.0415. The van der Waals surface area contributed by atoms with Crippen molar-refractivity contribution in [3.63, 3.8) is 0 Å². The van der Waals surface area contributed by atoms with Gasteiger partial charge in [0.05, 0.1) is 23.6 Å². The largest absolute Gasteiger partial charge is 0.365 e. The zero-order valence-electron chi connectivity index (χ0n) is 25.1. The molecule has 11 nitrogen and oxygen atoms in total. The van der Waals surface area contributed by atoms with Crippen LogP contribution in [0.5, 0.6) is 0 Å². The summed E-state index contributed by atoms with van der Waals surface area (Å²) in [5, 5.41) is 13.7. The normalized spacial score (nSPS) is 16.2. The molecule has 11 heteroatoms. The van der Waals surface area contributed by atoms with Gasteiger partial charge in [0, 0.05) is 42.7 Å². The van der Waals surface area contributed by atoms with E-state index in [1.807, 2.05) is 65.1 Å². The number of rotatable bonds is 8. The summed E-state index contributed by atoms with van der Waals surface area (Å²) >= 11 is 0. The number of nitrogens with one attached hydrogen (secondary N) is 3. The monoisotopic (exact) mass is 569 g/mol. The molecule has 0 spiro atoms. The molecule has 5 rings (SSSR count). The van der Waals surface area contributed by atoms with Crippen LogP contribution in [-0.4, -0.2) is 56.7 Å². The van der Waals surface area contributed by atoms with Gasteiger partial charge in [-0.2, -0.15) is 4.98 Å². The average Bonchev–Trinajstić information content (AvgIpc) is 3.49. The first-order valence-corrected chi connectivity index (χ1v) is 14.4. The molecular formula is C31H39N9O2. The van der Waals surface area contributed by atoms with Gasteiger partial charge < -0.3 is 25.4 Å². The summed E-state index contributed by atoms with van der Waals surface area (Å²) in [6.45, 7) is 15.0. The number of aromatic nitrogens is 5. The Labute approximate surface area is 246 Å². The third-order valence-electron chi connectivity index (χ3n) is 7.49. The second-order valence-electron chi connectivity index (χ2n) is 11.7. The van der Waals surface area contributed by atoms with Gasteiger partial charge in [0.1, 0.15) is 18.0 Å². The number of hydrogen-bond acceptors (Lipinski definition) is 10. The maximum absolute atomic E-state index is 12.7. The lowest BCUT2D eigenvalue weighted by Crippen LogP contribution is -2.51. The Morgan fingerprint density at radius 1 is 1.14 bits per heavy atom. The molecule has 3 N–H and O–H groups in total. The Hall–Kier alpha value is -4.38. The SMILES string of the molecule is CC[C@H]1CNCCN1c1ccc(Nc2cc(-c3ccc([C@@H](C)NC(=O)c4nc(C(C)(C)C)no4)c(C)c3)ncn2)nc1.